The second-order valence-corrected chi connectivity index (χ2v) is 10.9. The summed E-state index contributed by atoms with van der Waals surface area (Å²) < 4.78 is 5.28. The molecule has 3 amide bonds. The Bertz CT molecular complexity index is 1680. The fourth-order valence-electron chi connectivity index (χ4n) is 4.08. The number of nitrogens with one attached hydrogen (secondary N) is 4. The van der Waals surface area contributed by atoms with Crippen molar-refractivity contribution in [3.8, 4) is 0 Å². The van der Waals surface area contributed by atoms with E-state index in [0.717, 1.165) is 5.56 Å². The molecule has 1 unspecified atom stereocenters. The molecule has 4 rings (SSSR count). The lowest BCUT2D eigenvalue weighted by Crippen LogP contribution is -2.35. The molecule has 42 heavy (non-hydrogen) atoms. The molecule has 218 valence electrons. The van der Waals surface area contributed by atoms with E-state index in [9.17, 15) is 19.2 Å². The van der Waals surface area contributed by atoms with Crippen LogP contribution in [0, 0.1) is 6.92 Å². The normalized spacial score (nSPS) is 11.9. The zero-order chi connectivity index (χ0) is 30.4. The van der Waals surface area contributed by atoms with E-state index in [1.54, 1.807) is 27.7 Å². The van der Waals surface area contributed by atoms with Gasteiger partial charge in [-0.3, -0.25) is 14.4 Å². The van der Waals surface area contributed by atoms with Crippen LogP contribution in [0.2, 0.25) is 5.02 Å². The lowest BCUT2D eigenvalue weighted by atomic mass is 10.0. The Morgan fingerprint density at radius 3 is 2.50 bits per heavy atom. The Labute approximate surface area is 247 Å². The zero-order valence-electron chi connectivity index (χ0n) is 23.6. The van der Waals surface area contributed by atoms with E-state index in [4.69, 9.17) is 16.3 Å². The number of rotatable bonds is 8. The van der Waals surface area contributed by atoms with Gasteiger partial charge in [0.15, 0.2) is 0 Å². The standard InChI is InChI=1S/C30H31ClN6O5/c1-17-33-16-20-14-21(28(40)37-25(20)34-17)27(39)36-24-15-19(10-11-22(24)31)26(38)35-23(18-8-6-5-7-9-18)12-13-32-29(41)42-30(2,3)4/h5-11,14-16,23H,12-13H2,1-4H3,(H,32,41)(H,35,38)(H,36,39)(H,33,34,37,40). The van der Waals surface area contributed by atoms with Gasteiger partial charge in [0.1, 0.15) is 22.6 Å². The van der Waals surface area contributed by atoms with Crippen molar-refractivity contribution >= 4 is 46.2 Å². The molecule has 12 heteroatoms. The number of ether oxygens (including phenoxy) is 1. The molecule has 2 aromatic carbocycles. The summed E-state index contributed by atoms with van der Waals surface area (Å²) in [6.45, 7) is 7.27. The Balaban J connectivity index is 1.49. The van der Waals surface area contributed by atoms with Crippen molar-refractivity contribution in [2.45, 2.75) is 45.8 Å². The van der Waals surface area contributed by atoms with Crippen LogP contribution >= 0.6 is 11.6 Å². The first-order chi connectivity index (χ1) is 19.9. The van der Waals surface area contributed by atoms with E-state index < -0.39 is 35.1 Å². The van der Waals surface area contributed by atoms with Gasteiger partial charge in [0.2, 0.25) is 0 Å². The number of benzene rings is 2. The number of carbonyl (C=O) groups excluding carboxylic acids is 3. The summed E-state index contributed by atoms with van der Waals surface area (Å²) in [4.78, 5) is 61.8. The highest BCUT2D eigenvalue weighted by Gasteiger charge is 2.20. The first-order valence-corrected chi connectivity index (χ1v) is 13.6. The molecule has 0 saturated heterocycles. The Morgan fingerprint density at radius 2 is 1.79 bits per heavy atom. The number of aromatic amines is 1. The van der Waals surface area contributed by atoms with E-state index in [0.29, 0.717) is 23.3 Å². The van der Waals surface area contributed by atoms with Crippen molar-refractivity contribution in [2.24, 2.45) is 0 Å². The summed E-state index contributed by atoms with van der Waals surface area (Å²) in [5.74, 6) is -0.663. The molecule has 0 spiro atoms. The van der Waals surface area contributed by atoms with Gasteiger partial charge in [0.25, 0.3) is 17.4 Å². The fraction of sp³-hybridized carbons (Fsp3) is 0.267. The zero-order valence-corrected chi connectivity index (χ0v) is 24.3. The number of alkyl carbamates (subject to hydrolysis) is 1. The van der Waals surface area contributed by atoms with Crippen molar-refractivity contribution in [3.05, 3.63) is 98.7 Å². The van der Waals surface area contributed by atoms with Crippen LogP contribution in [-0.2, 0) is 4.74 Å². The first-order valence-electron chi connectivity index (χ1n) is 13.2. The van der Waals surface area contributed by atoms with Gasteiger partial charge in [0.05, 0.1) is 16.8 Å². The Hall–Kier alpha value is -4.77. The molecule has 4 aromatic rings. The number of H-pyrrole nitrogens is 1. The highest BCUT2D eigenvalue weighted by molar-refractivity contribution is 6.34. The van der Waals surface area contributed by atoms with Gasteiger partial charge in [0, 0.05) is 23.7 Å². The SMILES string of the molecule is Cc1ncc2cc(C(=O)Nc3cc(C(=O)NC(CCNC(=O)OC(C)(C)C)c4ccccc4)ccc3Cl)c(=O)[nH]c2n1. The Morgan fingerprint density at radius 1 is 1.05 bits per heavy atom. The van der Waals surface area contributed by atoms with Gasteiger partial charge in [-0.1, -0.05) is 41.9 Å². The minimum Gasteiger partial charge on any atom is -0.444 e. The van der Waals surface area contributed by atoms with Crippen LogP contribution in [0.25, 0.3) is 11.0 Å². The van der Waals surface area contributed by atoms with E-state index >= 15 is 0 Å². The molecular formula is C30H31ClN6O5. The molecule has 0 aliphatic heterocycles. The molecule has 0 fully saturated rings. The largest absolute Gasteiger partial charge is 0.444 e. The maximum absolute atomic E-state index is 13.3. The van der Waals surface area contributed by atoms with Gasteiger partial charge in [-0.2, -0.15) is 0 Å². The van der Waals surface area contributed by atoms with Crippen LogP contribution < -0.4 is 21.5 Å². The fourth-order valence-corrected chi connectivity index (χ4v) is 4.25. The van der Waals surface area contributed by atoms with Crippen LogP contribution in [0.4, 0.5) is 10.5 Å². The number of nitrogens with zero attached hydrogens (tertiary/aromatic N) is 2. The summed E-state index contributed by atoms with van der Waals surface area (Å²) in [5, 5.41) is 8.97. The number of halogens is 1. The van der Waals surface area contributed by atoms with Gasteiger partial charge < -0.3 is 25.7 Å². The summed E-state index contributed by atoms with van der Waals surface area (Å²) >= 11 is 6.33. The summed E-state index contributed by atoms with van der Waals surface area (Å²) in [7, 11) is 0. The van der Waals surface area contributed by atoms with Crippen LogP contribution in [0.1, 0.15) is 65.3 Å². The van der Waals surface area contributed by atoms with Crippen LogP contribution in [0.15, 0.2) is 65.6 Å². The third-order valence-corrected chi connectivity index (χ3v) is 6.37. The van der Waals surface area contributed by atoms with Crippen molar-refractivity contribution in [3.63, 3.8) is 0 Å². The van der Waals surface area contributed by atoms with Crippen molar-refractivity contribution < 1.29 is 19.1 Å². The molecule has 2 heterocycles. The van der Waals surface area contributed by atoms with Crippen molar-refractivity contribution in [1.82, 2.24) is 25.6 Å². The topological polar surface area (TPSA) is 155 Å². The third kappa shape index (κ3) is 7.91. The van der Waals surface area contributed by atoms with Gasteiger partial charge in [-0.05, 0) is 63.9 Å². The molecule has 0 aliphatic carbocycles. The number of anilines is 1. The van der Waals surface area contributed by atoms with E-state index in [-0.39, 0.29) is 28.4 Å². The maximum atomic E-state index is 13.3. The van der Waals surface area contributed by atoms with Crippen molar-refractivity contribution in [1.29, 1.82) is 0 Å². The monoisotopic (exact) mass is 590 g/mol. The van der Waals surface area contributed by atoms with Crippen molar-refractivity contribution in [2.75, 3.05) is 11.9 Å². The van der Waals surface area contributed by atoms with Gasteiger partial charge in [-0.15, -0.1) is 0 Å². The van der Waals surface area contributed by atoms with Gasteiger partial charge in [-0.25, -0.2) is 14.8 Å². The molecular weight excluding hydrogens is 560 g/mol. The second kappa shape index (κ2) is 12.8. The molecule has 1 atom stereocenters. The van der Waals surface area contributed by atoms with Crippen LogP contribution in [-0.4, -0.2) is 45.0 Å². The number of aromatic nitrogens is 3. The minimum absolute atomic E-state index is 0.150. The van der Waals surface area contributed by atoms with Gasteiger partial charge >= 0.3 is 6.09 Å². The summed E-state index contributed by atoms with van der Waals surface area (Å²) in [6.07, 6.45) is 1.35. The predicted molar refractivity (Wildman–Crippen MR) is 160 cm³/mol. The molecule has 0 bridgehead atoms. The van der Waals surface area contributed by atoms with E-state index in [1.807, 2.05) is 30.3 Å². The maximum Gasteiger partial charge on any atom is 0.407 e. The molecule has 11 nitrogen and oxygen atoms in total. The molecule has 0 radical (unpaired) electrons. The minimum atomic E-state index is -0.714. The summed E-state index contributed by atoms with van der Waals surface area (Å²) in [6, 6.07) is 14.7. The predicted octanol–water partition coefficient (Wildman–Crippen LogP) is 4.92. The third-order valence-electron chi connectivity index (χ3n) is 6.04. The molecule has 0 aliphatic rings. The van der Waals surface area contributed by atoms with Crippen LogP contribution in [0.5, 0.6) is 0 Å². The average Bonchev–Trinajstić information content (AvgIpc) is 2.92. The number of fused-ring (bicyclic) bond motifs is 1. The summed E-state index contributed by atoms with van der Waals surface area (Å²) in [5.41, 5.74) is 0.109. The second-order valence-electron chi connectivity index (χ2n) is 10.5. The highest BCUT2D eigenvalue weighted by Crippen LogP contribution is 2.25. The first kappa shape index (κ1) is 30.2. The molecule has 2 aromatic heterocycles. The Kier molecular flexibility index (Phi) is 9.21. The lowest BCUT2D eigenvalue weighted by molar-refractivity contribution is 0.0526. The number of amides is 3. The number of hydrogen-bond donors (Lipinski definition) is 4. The lowest BCUT2D eigenvalue weighted by Gasteiger charge is -2.22. The van der Waals surface area contributed by atoms with E-state index in [2.05, 4.69) is 30.9 Å². The number of carbonyl (C=O) groups is 3. The highest BCUT2D eigenvalue weighted by atomic mass is 35.5. The van der Waals surface area contributed by atoms with E-state index in [1.165, 1.54) is 30.5 Å². The number of pyridine rings is 1. The average molecular weight is 591 g/mol. The molecule has 4 N–H and O–H groups in total. The number of hydrogen-bond acceptors (Lipinski definition) is 7. The number of aryl methyl sites for hydroxylation is 1. The smallest absolute Gasteiger partial charge is 0.407 e. The molecule has 0 saturated carbocycles. The van der Waals surface area contributed by atoms with Crippen LogP contribution in [0.3, 0.4) is 0 Å². The quantitative estimate of drug-likeness (QED) is 0.227.